The van der Waals surface area contributed by atoms with Crippen molar-refractivity contribution >= 4 is 23.2 Å². The smallest absolute Gasteiger partial charge is 0.268 e. The molecular weight excluding hydrogens is 371 g/mol. The van der Waals surface area contributed by atoms with Crippen LogP contribution in [0.3, 0.4) is 0 Å². The van der Waals surface area contributed by atoms with E-state index in [4.69, 9.17) is 16.3 Å². The van der Waals surface area contributed by atoms with Gasteiger partial charge < -0.3 is 20.3 Å². The topological polar surface area (TPSA) is 56.8 Å². The summed E-state index contributed by atoms with van der Waals surface area (Å²) in [6, 6.07) is 7.01. The summed E-state index contributed by atoms with van der Waals surface area (Å²) in [5.74, 6) is -0.668. The van der Waals surface area contributed by atoms with Crippen LogP contribution in [-0.2, 0) is 9.53 Å². The van der Waals surface area contributed by atoms with Crippen LogP contribution in [0, 0.1) is 0 Å². The first kappa shape index (κ1) is 18.0. The van der Waals surface area contributed by atoms with E-state index in [2.05, 4.69) is 15.5 Å². The van der Waals surface area contributed by atoms with E-state index in [-0.39, 0.29) is 11.7 Å². The summed E-state index contributed by atoms with van der Waals surface area (Å²) >= 11 is 6.13. The number of anilines is 1. The van der Waals surface area contributed by atoms with Crippen molar-refractivity contribution in [3.8, 4) is 0 Å². The normalized spacial score (nSPS) is 22.4. The van der Waals surface area contributed by atoms with Crippen molar-refractivity contribution in [2.75, 3.05) is 38.2 Å². The number of hydrogen-bond acceptors (Lipinski definition) is 5. The summed E-state index contributed by atoms with van der Waals surface area (Å²) in [6.45, 7) is 3.38. The number of ether oxygens (including phenoxy) is 1. The van der Waals surface area contributed by atoms with Crippen LogP contribution in [0.4, 0.5) is 10.1 Å². The average molecular weight is 391 g/mol. The lowest BCUT2D eigenvalue weighted by Crippen LogP contribution is -2.46. The summed E-state index contributed by atoms with van der Waals surface area (Å²) in [4.78, 5) is 16.7. The third kappa shape index (κ3) is 3.71. The molecule has 0 bridgehead atoms. The van der Waals surface area contributed by atoms with Gasteiger partial charge in [-0.2, -0.15) is 0 Å². The van der Waals surface area contributed by atoms with Crippen LogP contribution >= 0.6 is 11.6 Å². The molecule has 0 radical (unpaired) electrons. The number of benzene rings is 1. The Morgan fingerprint density at radius 2 is 2.11 bits per heavy atom. The lowest BCUT2D eigenvalue weighted by molar-refractivity contribution is -0.120. The summed E-state index contributed by atoms with van der Waals surface area (Å²) in [5, 5.41) is 6.45. The first-order chi connectivity index (χ1) is 13.1. The Hall–Kier alpha value is -2.35. The number of amides is 1. The van der Waals surface area contributed by atoms with Crippen molar-refractivity contribution in [3.63, 3.8) is 0 Å². The molecule has 3 aliphatic heterocycles. The molecule has 1 saturated heterocycles. The van der Waals surface area contributed by atoms with Crippen LogP contribution in [0.5, 0.6) is 0 Å². The third-order valence-electron chi connectivity index (χ3n) is 4.71. The van der Waals surface area contributed by atoms with E-state index in [9.17, 15) is 9.18 Å². The molecule has 1 unspecified atom stereocenters. The van der Waals surface area contributed by atoms with E-state index < -0.39 is 6.17 Å². The molecule has 1 atom stereocenters. The molecule has 0 aromatic heterocycles. The molecular formula is C19H20ClFN4O2. The zero-order chi connectivity index (χ0) is 18.8. The van der Waals surface area contributed by atoms with Gasteiger partial charge in [0.2, 0.25) is 0 Å². The minimum absolute atomic E-state index is 0.308. The fraction of sp³-hybridized carbons (Fsp3) is 0.316. The monoisotopic (exact) mass is 390 g/mol. The predicted molar refractivity (Wildman–Crippen MR) is 101 cm³/mol. The number of rotatable bonds is 4. The van der Waals surface area contributed by atoms with Gasteiger partial charge in [0.15, 0.2) is 6.17 Å². The zero-order valence-corrected chi connectivity index (χ0v) is 15.4. The predicted octanol–water partition coefficient (Wildman–Crippen LogP) is 2.43. The molecule has 27 heavy (non-hydrogen) atoms. The Morgan fingerprint density at radius 1 is 1.33 bits per heavy atom. The highest BCUT2D eigenvalue weighted by Gasteiger charge is 2.38. The van der Waals surface area contributed by atoms with Gasteiger partial charge in [0.25, 0.3) is 5.91 Å². The molecule has 0 spiro atoms. The second-order valence-corrected chi connectivity index (χ2v) is 6.90. The Kier molecular flexibility index (Phi) is 5.15. The van der Waals surface area contributed by atoms with Gasteiger partial charge in [-0.25, -0.2) is 4.39 Å². The van der Waals surface area contributed by atoms with Gasteiger partial charge in [-0.15, -0.1) is 0 Å². The maximum absolute atomic E-state index is 14.5. The zero-order valence-electron chi connectivity index (χ0n) is 14.6. The number of halogens is 2. The molecule has 1 aromatic carbocycles. The van der Waals surface area contributed by atoms with Crippen LogP contribution < -0.4 is 10.6 Å². The highest BCUT2D eigenvalue weighted by atomic mass is 35.5. The molecule has 142 valence electrons. The van der Waals surface area contributed by atoms with Gasteiger partial charge in [-0.1, -0.05) is 23.7 Å². The van der Waals surface area contributed by atoms with Crippen molar-refractivity contribution in [2.24, 2.45) is 0 Å². The highest BCUT2D eigenvalue weighted by Crippen LogP contribution is 2.32. The molecule has 0 aliphatic carbocycles. The van der Waals surface area contributed by atoms with Gasteiger partial charge in [-0.05, 0) is 24.3 Å². The maximum atomic E-state index is 14.5. The number of allylic oxidation sites excluding steroid dienone is 3. The van der Waals surface area contributed by atoms with Gasteiger partial charge in [0.05, 0.1) is 35.3 Å². The quantitative estimate of drug-likeness (QED) is 0.827. The molecule has 6 nitrogen and oxygen atoms in total. The van der Waals surface area contributed by atoms with Crippen LogP contribution in [-0.4, -0.2) is 54.7 Å². The third-order valence-corrected chi connectivity index (χ3v) is 5.04. The molecule has 4 rings (SSSR count). The molecule has 8 heteroatoms. The number of nitrogens with one attached hydrogen (secondary N) is 2. The standard InChI is InChI=1S/C19H20ClFN4O2/c20-13-4-1-2-6-15(13)23-19(26)18-22-16(12-24-8-10-27-11-9-24)17-14(21)5-3-7-25(17)18/h1-7,18,22H,8-12H2,(H,23,26). The number of hydrogen-bond donors (Lipinski definition) is 2. The maximum Gasteiger partial charge on any atom is 0.268 e. The van der Waals surface area contributed by atoms with E-state index in [1.807, 2.05) is 0 Å². The number of nitrogens with zero attached hydrogens (tertiary/aromatic N) is 2. The molecule has 0 saturated carbocycles. The van der Waals surface area contributed by atoms with E-state index in [1.54, 1.807) is 41.4 Å². The number of morpholine rings is 1. The Balaban J connectivity index is 1.54. The second kappa shape index (κ2) is 7.72. The average Bonchev–Trinajstić information content (AvgIpc) is 3.04. The van der Waals surface area contributed by atoms with Gasteiger partial charge in [0, 0.05) is 25.8 Å². The molecule has 1 aromatic rings. The number of para-hydroxylation sites is 1. The van der Waals surface area contributed by atoms with E-state index in [1.165, 1.54) is 6.08 Å². The number of fused-ring (bicyclic) bond motifs is 1. The minimum atomic E-state index is -0.747. The Labute approximate surface area is 161 Å². The van der Waals surface area contributed by atoms with E-state index in [0.717, 1.165) is 13.1 Å². The van der Waals surface area contributed by atoms with Crippen LogP contribution in [0.1, 0.15) is 0 Å². The molecule has 2 N–H and O–H groups in total. The van der Waals surface area contributed by atoms with Crippen molar-refractivity contribution in [1.29, 1.82) is 0 Å². The van der Waals surface area contributed by atoms with Gasteiger partial charge in [-0.3, -0.25) is 9.69 Å². The molecule has 1 fully saturated rings. The van der Waals surface area contributed by atoms with E-state index in [0.29, 0.717) is 41.9 Å². The highest BCUT2D eigenvalue weighted by molar-refractivity contribution is 6.33. The largest absolute Gasteiger partial charge is 0.379 e. The molecule has 3 aliphatic rings. The van der Waals surface area contributed by atoms with Crippen LogP contribution in [0.15, 0.2) is 59.8 Å². The first-order valence-corrected chi connectivity index (χ1v) is 9.19. The van der Waals surface area contributed by atoms with Crippen molar-refractivity contribution < 1.29 is 13.9 Å². The Morgan fingerprint density at radius 3 is 2.89 bits per heavy atom. The minimum Gasteiger partial charge on any atom is -0.379 e. The molecule has 3 heterocycles. The Bertz CT molecular complexity index is 833. The second-order valence-electron chi connectivity index (χ2n) is 6.50. The molecule has 1 amide bonds. The summed E-state index contributed by atoms with van der Waals surface area (Å²) in [7, 11) is 0. The summed E-state index contributed by atoms with van der Waals surface area (Å²) in [5.41, 5.74) is 1.61. The summed E-state index contributed by atoms with van der Waals surface area (Å²) < 4.78 is 19.9. The van der Waals surface area contributed by atoms with Crippen molar-refractivity contribution in [1.82, 2.24) is 15.1 Å². The fourth-order valence-electron chi connectivity index (χ4n) is 3.37. The van der Waals surface area contributed by atoms with Crippen LogP contribution in [0.2, 0.25) is 5.02 Å². The van der Waals surface area contributed by atoms with Gasteiger partial charge >= 0.3 is 0 Å². The van der Waals surface area contributed by atoms with Crippen molar-refractivity contribution in [2.45, 2.75) is 6.17 Å². The van der Waals surface area contributed by atoms with E-state index >= 15 is 0 Å². The van der Waals surface area contributed by atoms with Crippen molar-refractivity contribution in [3.05, 3.63) is 64.9 Å². The number of carbonyl (C=O) groups is 1. The lowest BCUT2D eigenvalue weighted by atomic mass is 10.2. The first-order valence-electron chi connectivity index (χ1n) is 8.81. The number of carbonyl (C=O) groups excluding carboxylic acids is 1. The lowest BCUT2D eigenvalue weighted by Gasteiger charge is -2.27. The van der Waals surface area contributed by atoms with Gasteiger partial charge in [0.1, 0.15) is 5.83 Å². The fourth-order valence-corrected chi connectivity index (χ4v) is 3.56. The SMILES string of the molecule is O=C(Nc1ccccc1Cl)C1NC(CN2CCOCC2)=C2C(F)=CC=CN21. The summed E-state index contributed by atoms with van der Waals surface area (Å²) in [6.07, 6.45) is 3.95. The van der Waals surface area contributed by atoms with Crippen LogP contribution in [0.25, 0.3) is 0 Å².